The monoisotopic (exact) mass is 333 g/mol. The second kappa shape index (κ2) is 7.68. The fourth-order valence-electron chi connectivity index (χ4n) is 1.95. The molecular weight excluding hydrogens is 311 g/mol. The van der Waals surface area contributed by atoms with E-state index in [9.17, 15) is 23.1 Å². The van der Waals surface area contributed by atoms with E-state index in [2.05, 4.69) is 5.32 Å². The van der Waals surface area contributed by atoms with Crippen molar-refractivity contribution in [1.29, 1.82) is 0 Å². The predicted molar refractivity (Wildman–Crippen MR) is 80.0 cm³/mol. The van der Waals surface area contributed by atoms with Crippen LogP contribution in [0.1, 0.15) is 31.9 Å². The first-order chi connectivity index (χ1) is 10.5. The van der Waals surface area contributed by atoms with E-state index in [1.807, 2.05) is 0 Å². The molecule has 4 nitrogen and oxygen atoms in total. The van der Waals surface area contributed by atoms with Gasteiger partial charge in [-0.2, -0.15) is 13.2 Å². The number of carbonyl (C=O) groups is 1. The fraction of sp³-hybridized carbons (Fsp3) is 0.562. The highest BCUT2D eigenvalue weighted by Crippen LogP contribution is 2.29. The molecule has 130 valence electrons. The van der Waals surface area contributed by atoms with Crippen LogP contribution < -0.4 is 5.32 Å². The van der Waals surface area contributed by atoms with Gasteiger partial charge in [-0.15, -0.1) is 0 Å². The van der Waals surface area contributed by atoms with E-state index in [1.54, 1.807) is 26.8 Å². The van der Waals surface area contributed by atoms with Crippen LogP contribution >= 0.6 is 0 Å². The molecule has 2 N–H and O–H groups in total. The molecule has 0 aliphatic rings. The van der Waals surface area contributed by atoms with Gasteiger partial charge in [-0.05, 0) is 38.8 Å². The number of ether oxygens (including phenoxy) is 1. The van der Waals surface area contributed by atoms with Crippen LogP contribution in [0.4, 0.5) is 18.0 Å². The van der Waals surface area contributed by atoms with Gasteiger partial charge in [0, 0.05) is 19.1 Å². The third kappa shape index (κ3) is 7.36. The van der Waals surface area contributed by atoms with Gasteiger partial charge in [-0.3, -0.25) is 0 Å². The minimum atomic E-state index is -4.40. The van der Waals surface area contributed by atoms with Gasteiger partial charge >= 0.3 is 12.3 Å². The first-order valence-electron chi connectivity index (χ1n) is 7.25. The molecule has 1 rings (SSSR count). The Morgan fingerprint density at radius 1 is 1.30 bits per heavy atom. The molecule has 1 atom stereocenters. The molecule has 0 radical (unpaired) electrons. The van der Waals surface area contributed by atoms with Crippen LogP contribution in [0, 0.1) is 5.92 Å². The third-order valence-electron chi connectivity index (χ3n) is 2.97. The van der Waals surface area contributed by atoms with Crippen molar-refractivity contribution in [3.05, 3.63) is 35.4 Å². The van der Waals surface area contributed by atoms with Crippen LogP contribution in [0.3, 0.4) is 0 Å². The highest BCUT2D eigenvalue weighted by molar-refractivity contribution is 5.67. The summed E-state index contributed by atoms with van der Waals surface area (Å²) in [6.07, 6.45) is -4.81. The lowest BCUT2D eigenvalue weighted by molar-refractivity contribution is -0.137. The van der Waals surface area contributed by atoms with E-state index in [0.29, 0.717) is 5.56 Å². The molecule has 0 saturated carbocycles. The zero-order valence-corrected chi connectivity index (χ0v) is 13.4. The van der Waals surface area contributed by atoms with Gasteiger partial charge in [0.15, 0.2) is 0 Å². The number of aliphatic hydroxyl groups is 1. The number of carbonyl (C=O) groups excluding carboxylic acids is 1. The predicted octanol–water partition coefficient (Wildman–Crippen LogP) is 3.38. The second-order valence-corrected chi connectivity index (χ2v) is 6.33. The van der Waals surface area contributed by atoms with E-state index in [0.717, 1.165) is 12.1 Å². The maximum absolute atomic E-state index is 12.7. The molecular formula is C16H22F3NO3. The summed E-state index contributed by atoms with van der Waals surface area (Å²) >= 11 is 0. The Balaban J connectivity index is 2.62. The number of alkyl carbamates (subject to hydrolysis) is 1. The average Bonchev–Trinajstić information content (AvgIpc) is 2.41. The molecule has 0 spiro atoms. The first kappa shape index (κ1) is 19.3. The summed E-state index contributed by atoms with van der Waals surface area (Å²) in [6, 6.07) is 4.94. The van der Waals surface area contributed by atoms with Gasteiger partial charge in [0.2, 0.25) is 0 Å². The van der Waals surface area contributed by atoms with E-state index in [1.165, 1.54) is 6.07 Å². The number of amides is 1. The van der Waals surface area contributed by atoms with Crippen LogP contribution in [-0.4, -0.2) is 30.0 Å². The number of alkyl halides is 3. The molecule has 1 amide bonds. The lowest BCUT2D eigenvalue weighted by atomic mass is 9.98. The molecule has 0 heterocycles. The Hall–Kier alpha value is -1.76. The van der Waals surface area contributed by atoms with Gasteiger partial charge < -0.3 is 15.2 Å². The Kier molecular flexibility index (Phi) is 6.44. The van der Waals surface area contributed by atoms with Crippen molar-refractivity contribution in [3.63, 3.8) is 0 Å². The van der Waals surface area contributed by atoms with Crippen LogP contribution in [0.5, 0.6) is 0 Å². The molecule has 0 aromatic heterocycles. The lowest BCUT2D eigenvalue weighted by Crippen LogP contribution is -2.36. The Bertz CT molecular complexity index is 524. The number of aliphatic hydroxyl groups excluding tert-OH is 1. The highest BCUT2D eigenvalue weighted by atomic mass is 19.4. The number of rotatable bonds is 5. The molecule has 1 aromatic carbocycles. The van der Waals surface area contributed by atoms with E-state index in [4.69, 9.17) is 4.74 Å². The van der Waals surface area contributed by atoms with E-state index in [-0.39, 0.29) is 19.6 Å². The molecule has 0 bridgehead atoms. The van der Waals surface area contributed by atoms with Crippen LogP contribution in [0.25, 0.3) is 0 Å². The summed E-state index contributed by atoms with van der Waals surface area (Å²) in [5.41, 5.74) is -0.920. The lowest BCUT2D eigenvalue weighted by Gasteiger charge is -2.21. The smallest absolute Gasteiger partial charge is 0.416 e. The van der Waals surface area contributed by atoms with Crippen molar-refractivity contribution in [2.45, 2.75) is 39.0 Å². The van der Waals surface area contributed by atoms with E-state index < -0.39 is 29.4 Å². The van der Waals surface area contributed by atoms with Gasteiger partial charge in [0.1, 0.15) is 5.60 Å². The minimum Gasteiger partial charge on any atom is -0.444 e. The first-order valence-corrected chi connectivity index (χ1v) is 7.25. The summed E-state index contributed by atoms with van der Waals surface area (Å²) in [4.78, 5) is 11.6. The van der Waals surface area contributed by atoms with Crippen LogP contribution in [0.2, 0.25) is 0 Å². The van der Waals surface area contributed by atoms with Crippen LogP contribution in [-0.2, 0) is 17.3 Å². The van der Waals surface area contributed by atoms with E-state index >= 15 is 0 Å². The maximum Gasteiger partial charge on any atom is 0.416 e. The summed E-state index contributed by atoms with van der Waals surface area (Å²) in [5.74, 6) is -0.397. The largest absolute Gasteiger partial charge is 0.444 e. The summed E-state index contributed by atoms with van der Waals surface area (Å²) in [5, 5.41) is 11.9. The minimum absolute atomic E-state index is 0.113. The van der Waals surface area contributed by atoms with Crippen LogP contribution in [0.15, 0.2) is 24.3 Å². The quantitative estimate of drug-likeness (QED) is 0.868. The molecule has 1 unspecified atom stereocenters. The summed E-state index contributed by atoms with van der Waals surface area (Å²) < 4.78 is 43.1. The zero-order chi connectivity index (χ0) is 17.7. The molecule has 1 aromatic rings. The second-order valence-electron chi connectivity index (χ2n) is 6.33. The number of halogens is 3. The molecule has 0 saturated heterocycles. The topological polar surface area (TPSA) is 58.6 Å². The van der Waals surface area contributed by atoms with Crippen molar-refractivity contribution in [1.82, 2.24) is 5.32 Å². The highest BCUT2D eigenvalue weighted by Gasteiger charge is 2.30. The Morgan fingerprint density at radius 3 is 2.48 bits per heavy atom. The maximum atomic E-state index is 12.7. The number of nitrogens with one attached hydrogen (secondary N) is 1. The van der Waals surface area contributed by atoms with Crippen molar-refractivity contribution < 1.29 is 27.8 Å². The molecule has 0 aliphatic carbocycles. The van der Waals surface area contributed by atoms with Gasteiger partial charge in [-0.1, -0.05) is 18.2 Å². The number of hydrogen-bond acceptors (Lipinski definition) is 3. The molecule has 0 aliphatic heterocycles. The van der Waals surface area contributed by atoms with Gasteiger partial charge in [0.25, 0.3) is 0 Å². The standard InChI is InChI=1S/C16H22F3NO3/c1-15(2,3)23-14(22)20-9-12(10-21)7-11-5-4-6-13(8-11)16(17,18)19/h4-6,8,12,21H,7,9-10H2,1-3H3,(H,20,22). The van der Waals surface area contributed by atoms with Crippen molar-refractivity contribution >= 4 is 6.09 Å². The van der Waals surface area contributed by atoms with Gasteiger partial charge in [0.05, 0.1) is 5.56 Å². The van der Waals surface area contributed by atoms with Gasteiger partial charge in [-0.25, -0.2) is 4.79 Å². The molecule has 7 heteroatoms. The zero-order valence-electron chi connectivity index (χ0n) is 13.4. The SMILES string of the molecule is CC(C)(C)OC(=O)NCC(CO)Cc1cccc(C(F)(F)F)c1. The normalized spacial score (nSPS) is 13.5. The summed E-state index contributed by atoms with van der Waals surface area (Å²) in [7, 11) is 0. The van der Waals surface area contributed by atoms with Crippen molar-refractivity contribution in [2.75, 3.05) is 13.2 Å². The van der Waals surface area contributed by atoms with Crippen molar-refractivity contribution in [3.8, 4) is 0 Å². The molecule has 0 fully saturated rings. The fourth-order valence-corrected chi connectivity index (χ4v) is 1.95. The number of benzene rings is 1. The van der Waals surface area contributed by atoms with Crippen molar-refractivity contribution in [2.24, 2.45) is 5.92 Å². The Morgan fingerprint density at radius 2 is 1.96 bits per heavy atom. The summed E-state index contributed by atoms with van der Waals surface area (Å²) in [6.45, 7) is 5.02. The number of hydrogen-bond donors (Lipinski definition) is 2. The Labute approximate surface area is 133 Å². The molecule has 23 heavy (non-hydrogen) atoms. The average molecular weight is 333 g/mol. The third-order valence-corrected chi connectivity index (χ3v) is 2.97.